The Hall–Kier alpha value is -2.30. The lowest BCUT2D eigenvalue weighted by atomic mass is 10.1. The van der Waals surface area contributed by atoms with E-state index < -0.39 is 0 Å². The maximum absolute atomic E-state index is 10.8. The van der Waals surface area contributed by atoms with Crippen molar-refractivity contribution in [3.05, 3.63) is 30.0 Å². The van der Waals surface area contributed by atoms with Gasteiger partial charge in [-0.3, -0.25) is 9.78 Å². The number of benzene rings is 1. The Morgan fingerprint density at radius 1 is 1.30 bits per heavy atom. The number of hydrogen-bond acceptors (Lipinski definition) is 4. The first kappa shape index (κ1) is 14.1. The number of methoxy groups -OCH3 is 1. The van der Waals surface area contributed by atoms with Gasteiger partial charge in [-0.15, -0.1) is 0 Å². The third-order valence-electron chi connectivity index (χ3n) is 2.96. The number of amides is 1. The molecule has 0 spiro atoms. The molecule has 20 heavy (non-hydrogen) atoms. The molecule has 0 fully saturated rings. The van der Waals surface area contributed by atoms with Gasteiger partial charge in [-0.25, -0.2) is 0 Å². The molecule has 2 aromatic rings. The van der Waals surface area contributed by atoms with Gasteiger partial charge in [-0.2, -0.15) is 0 Å². The van der Waals surface area contributed by atoms with Gasteiger partial charge in [0.2, 0.25) is 5.91 Å². The fourth-order valence-corrected chi connectivity index (χ4v) is 2.05. The van der Waals surface area contributed by atoms with Crippen molar-refractivity contribution in [2.75, 3.05) is 25.5 Å². The molecular weight excluding hydrogens is 254 g/mol. The number of aryl methyl sites for hydroxylation is 1. The average molecular weight is 273 g/mol. The van der Waals surface area contributed by atoms with E-state index in [9.17, 15) is 4.79 Å². The van der Waals surface area contributed by atoms with Gasteiger partial charge in [-0.1, -0.05) is 0 Å². The summed E-state index contributed by atoms with van der Waals surface area (Å²) in [6.07, 6.45) is 0. The van der Waals surface area contributed by atoms with Crippen LogP contribution in [0.1, 0.15) is 12.6 Å². The van der Waals surface area contributed by atoms with Crippen LogP contribution in [-0.2, 0) is 4.79 Å². The Labute approximate surface area is 118 Å². The molecule has 5 nitrogen and oxygen atoms in total. The van der Waals surface area contributed by atoms with Gasteiger partial charge in [0, 0.05) is 42.8 Å². The average Bonchev–Trinajstić information content (AvgIpc) is 2.42. The van der Waals surface area contributed by atoms with Crippen LogP contribution in [0.5, 0.6) is 5.75 Å². The second-order valence-corrected chi connectivity index (χ2v) is 4.60. The van der Waals surface area contributed by atoms with Crippen LogP contribution in [-0.4, -0.2) is 31.1 Å². The summed E-state index contributed by atoms with van der Waals surface area (Å²) in [6, 6.07) is 7.82. The zero-order valence-electron chi connectivity index (χ0n) is 12.0. The molecule has 0 bridgehead atoms. The first-order valence-electron chi connectivity index (χ1n) is 6.54. The second kappa shape index (κ2) is 6.23. The minimum absolute atomic E-state index is 0.0210. The lowest BCUT2D eigenvalue weighted by Gasteiger charge is -2.11. The number of carbonyl (C=O) groups is 1. The van der Waals surface area contributed by atoms with Gasteiger partial charge < -0.3 is 15.4 Å². The van der Waals surface area contributed by atoms with Crippen molar-refractivity contribution in [1.29, 1.82) is 0 Å². The lowest BCUT2D eigenvalue weighted by Crippen LogP contribution is -2.26. The Morgan fingerprint density at radius 3 is 2.80 bits per heavy atom. The molecule has 0 aliphatic carbocycles. The van der Waals surface area contributed by atoms with Crippen LogP contribution in [0.3, 0.4) is 0 Å². The molecule has 1 amide bonds. The number of pyridine rings is 1. The quantitative estimate of drug-likeness (QED) is 0.819. The fraction of sp³-hybridized carbons (Fsp3) is 0.333. The molecule has 0 aliphatic heterocycles. The van der Waals surface area contributed by atoms with Crippen LogP contribution >= 0.6 is 0 Å². The summed E-state index contributed by atoms with van der Waals surface area (Å²) < 4.78 is 5.22. The maximum Gasteiger partial charge on any atom is 0.216 e. The molecule has 5 heteroatoms. The van der Waals surface area contributed by atoms with Gasteiger partial charge >= 0.3 is 0 Å². The van der Waals surface area contributed by atoms with E-state index in [0.29, 0.717) is 13.1 Å². The summed E-state index contributed by atoms with van der Waals surface area (Å²) in [5.41, 5.74) is 2.85. The normalized spacial score (nSPS) is 10.3. The summed E-state index contributed by atoms with van der Waals surface area (Å²) in [5, 5.41) is 7.13. The predicted molar refractivity (Wildman–Crippen MR) is 80.2 cm³/mol. The predicted octanol–water partition coefficient (Wildman–Crippen LogP) is 2.10. The van der Waals surface area contributed by atoms with Gasteiger partial charge in [0.1, 0.15) is 5.75 Å². The van der Waals surface area contributed by atoms with Crippen molar-refractivity contribution in [3.63, 3.8) is 0 Å². The smallest absolute Gasteiger partial charge is 0.216 e. The van der Waals surface area contributed by atoms with Crippen molar-refractivity contribution >= 4 is 22.5 Å². The summed E-state index contributed by atoms with van der Waals surface area (Å²) in [6.45, 7) is 4.73. The highest BCUT2D eigenvalue weighted by Crippen LogP contribution is 2.26. The Balaban J connectivity index is 2.21. The van der Waals surface area contributed by atoms with Gasteiger partial charge in [0.15, 0.2) is 0 Å². The fourth-order valence-electron chi connectivity index (χ4n) is 2.05. The van der Waals surface area contributed by atoms with Crippen LogP contribution in [0, 0.1) is 6.92 Å². The highest BCUT2D eigenvalue weighted by atomic mass is 16.5. The number of fused-ring (bicyclic) bond motifs is 1. The van der Waals surface area contributed by atoms with E-state index in [0.717, 1.165) is 28.0 Å². The molecule has 0 aliphatic rings. The molecule has 0 saturated heterocycles. The molecular formula is C15H19N3O2. The van der Waals surface area contributed by atoms with E-state index in [1.54, 1.807) is 7.11 Å². The maximum atomic E-state index is 10.8. The number of carbonyl (C=O) groups excluding carboxylic acids is 1. The monoisotopic (exact) mass is 273 g/mol. The molecule has 0 saturated carbocycles. The summed E-state index contributed by atoms with van der Waals surface area (Å²) in [5.74, 6) is 0.770. The van der Waals surface area contributed by atoms with Crippen molar-refractivity contribution in [2.45, 2.75) is 13.8 Å². The summed E-state index contributed by atoms with van der Waals surface area (Å²) in [4.78, 5) is 15.3. The topological polar surface area (TPSA) is 63.2 Å². The number of nitrogens with one attached hydrogen (secondary N) is 2. The van der Waals surface area contributed by atoms with Crippen molar-refractivity contribution in [1.82, 2.24) is 10.3 Å². The summed E-state index contributed by atoms with van der Waals surface area (Å²) in [7, 11) is 1.64. The number of ether oxygens (including phenoxy) is 1. The van der Waals surface area contributed by atoms with E-state index in [-0.39, 0.29) is 5.91 Å². The molecule has 2 N–H and O–H groups in total. The third kappa shape index (κ3) is 3.38. The zero-order valence-corrected chi connectivity index (χ0v) is 12.0. The molecule has 1 heterocycles. The number of hydrogen-bond donors (Lipinski definition) is 2. The highest BCUT2D eigenvalue weighted by Gasteiger charge is 2.05. The molecule has 1 aromatic heterocycles. The largest absolute Gasteiger partial charge is 0.497 e. The van der Waals surface area contributed by atoms with Gasteiger partial charge in [0.05, 0.1) is 12.6 Å². The number of aromatic nitrogens is 1. The van der Waals surface area contributed by atoms with E-state index in [4.69, 9.17) is 4.74 Å². The van der Waals surface area contributed by atoms with Crippen molar-refractivity contribution in [2.24, 2.45) is 0 Å². The minimum Gasteiger partial charge on any atom is -0.497 e. The van der Waals surface area contributed by atoms with Crippen molar-refractivity contribution in [3.8, 4) is 5.75 Å². The van der Waals surface area contributed by atoms with Gasteiger partial charge in [0.25, 0.3) is 0 Å². The molecule has 1 aromatic carbocycles. The Morgan fingerprint density at radius 2 is 2.10 bits per heavy atom. The summed E-state index contributed by atoms with van der Waals surface area (Å²) >= 11 is 0. The second-order valence-electron chi connectivity index (χ2n) is 4.60. The molecule has 0 atom stereocenters. The Kier molecular flexibility index (Phi) is 4.40. The molecule has 0 unspecified atom stereocenters. The lowest BCUT2D eigenvalue weighted by molar-refractivity contribution is -0.118. The van der Waals surface area contributed by atoms with Crippen LogP contribution in [0.2, 0.25) is 0 Å². The number of anilines is 1. The van der Waals surface area contributed by atoms with E-state index in [1.807, 2.05) is 31.2 Å². The van der Waals surface area contributed by atoms with Crippen LogP contribution in [0.25, 0.3) is 10.9 Å². The number of nitrogens with zero attached hydrogens (tertiary/aromatic N) is 1. The van der Waals surface area contributed by atoms with E-state index in [1.165, 1.54) is 6.92 Å². The highest BCUT2D eigenvalue weighted by molar-refractivity contribution is 5.92. The molecule has 0 radical (unpaired) electrons. The van der Waals surface area contributed by atoms with Crippen molar-refractivity contribution < 1.29 is 9.53 Å². The minimum atomic E-state index is -0.0210. The Bertz CT molecular complexity index is 626. The first-order chi connectivity index (χ1) is 9.60. The van der Waals surface area contributed by atoms with Crippen LogP contribution < -0.4 is 15.4 Å². The third-order valence-corrected chi connectivity index (χ3v) is 2.96. The SMILES string of the molecule is COc1ccc2c(NCCNC(C)=O)cc(C)nc2c1. The van der Waals surface area contributed by atoms with Crippen LogP contribution in [0.4, 0.5) is 5.69 Å². The van der Waals surface area contributed by atoms with Crippen LogP contribution in [0.15, 0.2) is 24.3 Å². The number of rotatable bonds is 5. The molecule has 2 rings (SSSR count). The van der Waals surface area contributed by atoms with E-state index >= 15 is 0 Å². The molecule has 106 valence electrons. The zero-order chi connectivity index (χ0) is 14.5. The standard InChI is InChI=1S/C15H19N3O2/c1-10-8-14(17-7-6-16-11(2)19)13-5-4-12(20-3)9-15(13)18-10/h4-5,8-9H,6-7H2,1-3H3,(H,16,19)(H,17,18). The first-order valence-corrected chi connectivity index (χ1v) is 6.54. The van der Waals surface area contributed by atoms with Gasteiger partial charge in [-0.05, 0) is 25.1 Å². The van der Waals surface area contributed by atoms with E-state index in [2.05, 4.69) is 15.6 Å².